The van der Waals surface area contributed by atoms with Crippen LogP contribution >= 0.6 is 0 Å². The number of hydrogen-bond acceptors (Lipinski definition) is 0. The van der Waals surface area contributed by atoms with Gasteiger partial charge in [0.15, 0.2) is 11.6 Å². The van der Waals surface area contributed by atoms with E-state index in [0.29, 0.717) is 28.5 Å². The Labute approximate surface area is 195 Å². The molecule has 0 atom stereocenters. The maximum Gasteiger partial charge on any atom is 0.167 e. The van der Waals surface area contributed by atoms with E-state index >= 15 is 0 Å². The zero-order valence-corrected chi connectivity index (χ0v) is 19.4. The van der Waals surface area contributed by atoms with E-state index in [2.05, 4.69) is 6.92 Å². The Bertz CT molecular complexity index is 1120. The lowest BCUT2D eigenvalue weighted by Crippen LogP contribution is -2.12. The second-order valence-electron chi connectivity index (χ2n) is 9.26. The average molecular weight is 449 g/mol. The molecule has 0 nitrogen and oxygen atoms in total. The van der Waals surface area contributed by atoms with Gasteiger partial charge in [-0.1, -0.05) is 74.0 Å². The Balaban J connectivity index is 1.41. The first-order valence-corrected chi connectivity index (χ1v) is 12.0. The SMILES string of the molecule is CCCc1ccc(-c2ccc(/C=C/C3CCC(c4ccc(C)c(F)c4)CC3)c(F)c2F)cc1. The van der Waals surface area contributed by atoms with Gasteiger partial charge in [0.1, 0.15) is 5.82 Å². The van der Waals surface area contributed by atoms with E-state index in [1.807, 2.05) is 42.5 Å². The molecule has 0 saturated heterocycles. The van der Waals surface area contributed by atoms with Crippen LogP contribution in [0.4, 0.5) is 13.2 Å². The summed E-state index contributed by atoms with van der Waals surface area (Å²) >= 11 is 0. The van der Waals surface area contributed by atoms with Crippen LogP contribution < -0.4 is 0 Å². The van der Waals surface area contributed by atoms with Gasteiger partial charge in [0.2, 0.25) is 0 Å². The maximum atomic E-state index is 14.8. The van der Waals surface area contributed by atoms with E-state index in [1.165, 1.54) is 5.56 Å². The molecule has 0 bridgehead atoms. The highest BCUT2D eigenvalue weighted by Gasteiger charge is 2.22. The van der Waals surface area contributed by atoms with Crippen molar-refractivity contribution in [3.05, 3.63) is 100 Å². The quantitative estimate of drug-likeness (QED) is 0.353. The second-order valence-corrected chi connectivity index (χ2v) is 9.26. The minimum atomic E-state index is -0.801. The highest BCUT2D eigenvalue weighted by atomic mass is 19.2. The Morgan fingerprint density at radius 3 is 2.24 bits per heavy atom. The van der Waals surface area contributed by atoms with E-state index in [9.17, 15) is 13.2 Å². The summed E-state index contributed by atoms with van der Waals surface area (Å²) in [4.78, 5) is 0. The predicted molar refractivity (Wildman–Crippen MR) is 131 cm³/mol. The summed E-state index contributed by atoms with van der Waals surface area (Å²) in [6, 6.07) is 16.5. The Morgan fingerprint density at radius 2 is 1.58 bits per heavy atom. The number of halogens is 3. The number of hydrogen-bond donors (Lipinski definition) is 0. The van der Waals surface area contributed by atoms with E-state index in [0.717, 1.165) is 44.1 Å². The van der Waals surface area contributed by atoms with Gasteiger partial charge in [-0.05, 0) is 79.2 Å². The van der Waals surface area contributed by atoms with Crippen molar-refractivity contribution in [2.75, 3.05) is 0 Å². The molecule has 172 valence electrons. The Morgan fingerprint density at radius 1 is 0.848 bits per heavy atom. The minimum absolute atomic E-state index is 0.146. The third kappa shape index (κ3) is 5.40. The van der Waals surface area contributed by atoms with Gasteiger partial charge in [-0.15, -0.1) is 0 Å². The van der Waals surface area contributed by atoms with Gasteiger partial charge in [0.25, 0.3) is 0 Å². The third-order valence-corrected chi connectivity index (χ3v) is 6.90. The molecule has 0 aromatic heterocycles. The molecule has 0 heterocycles. The number of allylic oxidation sites excluding steroid dienone is 1. The maximum absolute atomic E-state index is 14.8. The Hall–Kier alpha value is -2.81. The van der Waals surface area contributed by atoms with Crippen molar-refractivity contribution in [3.8, 4) is 11.1 Å². The summed E-state index contributed by atoms with van der Waals surface area (Å²) in [5, 5.41) is 0. The molecule has 0 spiro atoms. The van der Waals surface area contributed by atoms with Crippen molar-refractivity contribution in [2.24, 2.45) is 5.92 Å². The van der Waals surface area contributed by atoms with Crippen molar-refractivity contribution in [1.29, 1.82) is 0 Å². The smallest absolute Gasteiger partial charge is 0.167 e. The molecule has 1 saturated carbocycles. The first kappa shape index (κ1) is 23.4. The lowest BCUT2D eigenvalue weighted by molar-refractivity contribution is 0.376. The molecule has 0 unspecified atom stereocenters. The zero-order chi connectivity index (χ0) is 23.4. The van der Waals surface area contributed by atoms with Crippen LogP contribution in [0.5, 0.6) is 0 Å². The summed E-state index contributed by atoms with van der Waals surface area (Å²) in [6.45, 7) is 3.89. The lowest BCUT2D eigenvalue weighted by atomic mass is 9.78. The molecule has 1 aliphatic carbocycles. The van der Waals surface area contributed by atoms with Gasteiger partial charge in [-0.3, -0.25) is 0 Å². The molecule has 0 radical (unpaired) electrons. The van der Waals surface area contributed by atoms with Crippen LogP contribution in [0, 0.1) is 30.3 Å². The highest BCUT2D eigenvalue weighted by molar-refractivity contribution is 5.67. The summed E-state index contributed by atoms with van der Waals surface area (Å²) in [6.07, 6.45) is 9.61. The lowest BCUT2D eigenvalue weighted by Gasteiger charge is -2.27. The molecule has 4 rings (SSSR count). The van der Waals surface area contributed by atoms with E-state index in [-0.39, 0.29) is 11.4 Å². The van der Waals surface area contributed by atoms with Crippen molar-refractivity contribution in [2.45, 2.75) is 58.3 Å². The fourth-order valence-corrected chi connectivity index (χ4v) is 4.80. The van der Waals surface area contributed by atoms with Gasteiger partial charge >= 0.3 is 0 Å². The third-order valence-electron chi connectivity index (χ3n) is 6.90. The molecule has 1 fully saturated rings. The van der Waals surface area contributed by atoms with Crippen LogP contribution in [0.1, 0.15) is 67.2 Å². The van der Waals surface area contributed by atoms with Gasteiger partial charge in [-0.2, -0.15) is 0 Å². The molecule has 1 aliphatic rings. The molecule has 3 aromatic carbocycles. The normalized spacial score (nSPS) is 18.7. The van der Waals surface area contributed by atoms with Crippen molar-refractivity contribution < 1.29 is 13.2 Å². The first-order valence-electron chi connectivity index (χ1n) is 12.0. The van der Waals surface area contributed by atoms with Gasteiger partial charge in [0, 0.05) is 11.1 Å². The number of benzene rings is 3. The van der Waals surface area contributed by atoms with Gasteiger partial charge in [0.05, 0.1) is 0 Å². The molecular weight excluding hydrogens is 417 g/mol. The van der Waals surface area contributed by atoms with Crippen LogP contribution in [-0.2, 0) is 6.42 Å². The van der Waals surface area contributed by atoms with Crippen LogP contribution in [0.25, 0.3) is 17.2 Å². The van der Waals surface area contributed by atoms with Crippen LogP contribution in [0.3, 0.4) is 0 Å². The van der Waals surface area contributed by atoms with Gasteiger partial charge in [-0.25, -0.2) is 13.2 Å². The average Bonchev–Trinajstić information content (AvgIpc) is 2.83. The summed E-state index contributed by atoms with van der Waals surface area (Å²) in [7, 11) is 0. The first-order chi connectivity index (χ1) is 16.0. The van der Waals surface area contributed by atoms with Crippen molar-refractivity contribution in [3.63, 3.8) is 0 Å². The minimum Gasteiger partial charge on any atom is -0.207 e. The molecule has 3 heteroatoms. The van der Waals surface area contributed by atoms with Crippen LogP contribution in [-0.4, -0.2) is 0 Å². The zero-order valence-electron chi connectivity index (χ0n) is 19.4. The summed E-state index contributed by atoms with van der Waals surface area (Å²) in [5.41, 5.74) is 4.19. The summed E-state index contributed by atoms with van der Waals surface area (Å²) < 4.78 is 43.5. The van der Waals surface area contributed by atoms with Crippen molar-refractivity contribution in [1.82, 2.24) is 0 Å². The highest BCUT2D eigenvalue weighted by Crippen LogP contribution is 2.37. The topological polar surface area (TPSA) is 0 Å². The van der Waals surface area contributed by atoms with E-state index in [4.69, 9.17) is 0 Å². The molecule has 33 heavy (non-hydrogen) atoms. The Kier molecular flexibility index (Phi) is 7.37. The summed E-state index contributed by atoms with van der Waals surface area (Å²) in [5.74, 6) is -1.06. The van der Waals surface area contributed by atoms with Crippen molar-refractivity contribution >= 4 is 6.08 Å². The fourth-order valence-electron chi connectivity index (χ4n) is 4.80. The monoisotopic (exact) mass is 448 g/mol. The van der Waals surface area contributed by atoms with E-state index in [1.54, 1.807) is 31.2 Å². The van der Waals surface area contributed by atoms with E-state index < -0.39 is 11.6 Å². The standard InChI is InChI=1S/C30H31F3/c1-3-4-21-8-14-24(15-9-21)27-18-17-25(29(32)30(27)33)16-10-22-6-12-23(13-7-22)26-11-5-20(2)28(31)19-26/h5,8-11,14-19,22-23H,3-4,6-7,12-13H2,1-2H3/b16-10+. The number of aryl methyl sites for hydroxylation is 2. The van der Waals surface area contributed by atoms with Crippen LogP contribution in [0.2, 0.25) is 0 Å². The largest absolute Gasteiger partial charge is 0.207 e. The molecule has 0 N–H and O–H groups in total. The number of rotatable bonds is 6. The van der Waals surface area contributed by atoms with Gasteiger partial charge < -0.3 is 0 Å². The predicted octanol–water partition coefficient (Wildman–Crippen LogP) is 9.02. The molecule has 3 aromatic rings. The molecule has 0 aliphatic heterocycles. The molecule has 0 amide bonds. The second kappa shape index (κ2) is 10.4. The van der Waals surface area contributed by atoms with Crippen LogP contribution in [0.15, 0.2) is 60.7 Å². The fraction of sp³-hybridized carbons (Fsp3) is 0.333. The molecular formula is C30H31F3.